The number of rotatable bonds is 17. The number of benzene rings is 2. The fraction of sp³-hybridized carbons (Fsp3) is 0.545. The monoisotopic (exact) mass is 882 g/mol. The second kappa shape index (κ2) is 24.9. The molecule has 1 N–H and O–H groups in total. The highest BCUT2D eigenvalue weighted by Gasteiger charge is 2.43. The number of halogens is 7. The molecule has 2 atom stereocenters. The van der Waals surface area contributed by atoms with Gasteiger partial charge in [-0.1, -0.05) is 26.0 Å². The number of likely N-dealkylation sites (tertiary alicyclic amines) is 1. The Balaban J connectivity index is 0.000000230. The Morgan fingerprint density at radius 1 is 0.705 bits per heavy atom. The van der Waals surface area contributed by atoms with Crippen LogP contribution in [0.1, 0.15) is 73.7 Å². The van der Waals surface area contributed by atoms with E-state index in [0.717, 1.165) is 64.9 Å². The summed E-state index contributed by atoms with van der Waals surface area (Å²) in [6, 6.07) is 15.5. The second-order valence-corrected chi connectivity index (χ2v) is 15.0. The molecule has 0 bridgehead atoms. The number of aryl methyl sites for hydroxylation is 2. The van der Waals surface area contributed by atoms with Crippen molar-refractivity contribution in [2.24, 2.45) is 11.8 Å². The Labute approximate surface area is 359 Å². The highest BCUT2D eigenvalue weighted by atomic mass is 35.5. The zero-order valence-electron chi connectivity index (χ0n) is 35.3. The molecule has 2 saturated heterocycles. The smallest absolute Gasteiger partial charge is 0.393 e. The third kappa shape index (κ3) is 16.8. The molecule has 61 heavy (non-hydrogen) atoms. The Morgan fingerprint density at radius 2 is 1.23 bits per heavy atom. The Kier molecular flexibility index (Phi) is 20.1. The molecular weight excluding hydrogens is 826 g/mol. The maximum Gasteiger partial charge on any atom is 0.393 e. The van der Waals surface area contributed by atoms with Gasteiger partial charge in [-0.15, -0.1) is 11.6 Å². The summed E-state index contributed by atoms with van der Waals surface area (Å²) in [6.45, 7) is 6.89. The van der Waals surface area contributed by atoms with Gasteiger partial charge in [0.05, 0.1) is 39.3 Å². The molecule has 10 nitrogen and oxygen atoms in total. The number of nitrogens with zero attached hydrogens (tertiary/aromatic N) is 5. The normalized spacial score (nSPS) is 16.6. The topological polar surface area (TPSA) is 104 Å². The quantitative estimate of drug-likeness (QED) is 0.0628. The Morgan fingerprint density at radius 3 is 1.64 bits per heavy atom. The highest BCUT2D eigenvalue weighted by Crippen LogP contribution is 2.34. The van der Waals surface area contributed by atoms with E-state index in [1.54, 1.807) is 20.4 Å². The molecule has 0 radical (unpaired) electrons. The van der Waals surface area contributed by atoms with Crippen LogP contribution in [0.4, 0.5) is 26.3 Å². The summed E-state index contributed by atoms with van der Waals surface area (Å²) in [5.41, 5.74) is 4.15. The number of hydrogen-bond donors (Lipinski definition) is 1. The van der Waals surface area contributed by atoms with Crippen LogP contribution in [0.25, 0.3) is 0 Å². The van der Waals surface area contributed by atoms with Gasteiger partial charge in [0.1, 0.15) is 11.6 Å². The lowest BCUT2D eigenvalue weighted by molar-refractivity contribution is -0.170. The second-order valence-electron chi connectivity index (χ2n) is 14.6. The van der Waals surface area contributed by atoms with Crippen LogP contribution in [0.5, 0.6) is 23.0 Å². The van der Waals surface area contributed by atoms with Crippen LogP contribution in [-0.2, 0) is 25.7 Å². The van der Waals surface area contributed by atoms with Crippen molar-refractivity contribution in [3.05, 3.63) is 95.1 Å². The average Bonchev–Trinajstić information content (AvgIpc) is 3.98. The van der Waals surface area contributed by atoms with Gasteiger partial charge in [-0.25, -0.2) is 19.9 Å². The molecule has 0 spiro atoms. The van der Waals surface area contributed by atoms with Crippen LogP contribution in [0.2, 0.25) is 0 Å². The van der Waals surface area contributed by atoms with Crippen LogP contribution in [0, 0.1) is 11.8 Å². The fourth-order valence-corrected chi connectivity index (χ4v) is 6.75. The van der Waals surface area contributed by atoms with Crippen LogP contribution >= 0.6 is 11.6 Å². The molecule has 0 saturated carbocycles. The van der Waals surface area contributed by atoms with Crippen LogP contribution in [0.3, 0.4) is 0 Å². The van der Waals surface area contributed by atoms with Gasteiger partial charge in [0.25, 0.3) is 0 Å². The summed E-state index contributed by atoms with van der Waals surface area (Å²) in [5, 5.41) is 2.66. The molecule has 6 rings (SSSR count). The molecule has 4 heterocycles. The predicted octanol–water partition coefficient (Wildman–Crippen LogP) is 9.10. The van der Waals surface area contributed by atoms with E-state index in [1.165, 1.54) is 0 Å². The van der Waals surface area contributed by atoms with E-state index in [-0.39, 0.29) is 25.9 Å². The van der Waals surface area contributed by atoms with Gasteiger partial charge in [0, 0.05) is 62.1 Å². The molecule has 336 valence electrons. The van der Waals surface area contributed by atoms with Crippen LogP contribution < -0.4 is 24.3 Å². The summed E-state index contributed by atoms with van der Waals surface area (Å²) >= 11 is 5.68. The number of methoxy groups -OCH3 is 2. The molecule has 2 aromatic heterocycles. The van der Waals surface area contributed by atoms with Crippen molar-refractivity contribution in [1.82, 2.24) is 30.2 Å². The largest absolute Gasteiger partial charge is 0.493 e. The summed E-state index contributed by atoms with van der Waals surface area (Å²) in [4.78, 5) is 19.6. The van der Waals surface area contributed by atoms with Crippen molar-refractivity contribution >= 4 is 11.6 Å². The lowest BCUT2D eigenvalue weighted by Crippen LogP contribution is -2.28. The fourth-order valence-electron chi connectivity index (χ4n) is 6.64. The van der Waals surface area contributed by atoms with Crippen molar-refractivity contribution in [1.29, 1.82) is 0 Å². The summed E-state index contributed by atoms with van der Waals surface area (Å²) in [6.07, 6.45) is 0.388. The standard InChI is InChI=1S/C22H28F3N3O2.C17H21ClN2O2.C5H8F3N/c1-3-18-7-9-26-21(27-18)14-16-5-6-19(29-2)20(13-16)30-12-4-10-28-11-8-17(15-28)22(23,24)25;1-3-14-7-9-19-17(20-14)12-13-5-6-15(21-2)16(11-13)22-10-4-8-18;6-5(7,8)4-1-2-9-3-4/h5-7,9,13,17H,3-4,8,10-12,14-15H2,1-2H3;5-7,9,11H,3-4,8,10,12H2,1-2H3;4,9H,1-3H2. The first kappa shape index (κ1) is 49.2. The molecule has 2 aromatic carbocycles. The SMILES string of the molecule is CCc1ccnc(Cc2ccc(OC)c(OCCCCl)c2)n1.CCc1ccnc(Cc2ccc(OC)c(OCCCN3CCC(C(F)(F)F)C3)c2)n1.FC(F)(F)C1CCNC1. The number of alkyl halides is 7. The zero-order valence-corrected chi connectivity index (χ0v) is 36.0. The first-order valence-electron chi connectivity index (χ1n) is 20.6. The van der Waals surface area contributed by atoms with Crippen molar-refractivity contribution in [3.63, 3.8) is 0 Å². The zero-order chi connectivity index (χ0) is 44.3. The summed E-state index contributed by atoms with van der Waals surface area (Å²) in [5.74, 6) is 2.55. The number of hydrogen-bond acceptors (Lipinski definition) is 10. The molecule has 4 aromatic rings. The van der Waals surface area contributed by atoms with Crippen LogP contribution in [-0.4, -0.2) is 103 Å². The van der Waals surface area contributed by atoms with Gasteiger partial charge >= 0.3 is 12.4 Å². The van der Waals surface area contributed by atoms with E-state index in [1.807, 2.05) is 59.6 Å². The minimum Gasteiger partial charge on any atom is -0.493 e. The number of aromatic nitrogens is 4. The minimum absolute atomic E-state index is 0.0825. The van der Waals surface area contributed by atoms with Crippen molar-refractivity contribution in [2.75, 3.05) is 66.0 Å². The first-order chi connectivity index (χ1) is 29.3. The van der Waals surface area contributed by atoms with E-state index >= 15 is 0 Å². The van der Waals surface area contributed by atoms with E-state index in [0.29, 0.717) is 69.5 Å². The first-order valence-corrected chi connectivity index (χ1v) is 21.1. The summed E-state index contributed by atoms with van der Waals surface area (Å²) in [7, 11) is 3.22. The summed E-state index contributed by atoms with van der Waals surface area (Å²) < 4.78 is 95.9. The maximum atomic E-state index is 12.8. The third-order valence-corrected chi connectivity index (χ3v) is 10.4. The van der Waals surface area contributed by atoms with E-state index < -0.39 is 24.2 Å². The van der Waals surface area contributed by atoms with Crippen molar-refractivity contribution < 1.29 is 45.3 Å². The van der Waals surface area contributed by atoms with E-state index in [2.05, 4.69) is 39.1 Å². The molecule has 0 aliphatic carbocycles. The molecule has 2 aliphatic heterocycles. The van der Waals surface area contributed by atoms with Crippen molar-refractivity contribution in [3.8, 4) is 23.0 Å². The van der Waals surface area contributed by atoms with Crippen molar-refractivity contribution in [2.45, 2.75) is 77.6 Å². The lowest BCUT2D eigenvalue weighted by Gasteiger charge is -2.18. The van der Waals surface area contributed by atoms with Gasteiger partial charge in [-0.2, -0.15) is 26.3 Å². The maximum absolute atomic E-state index is 12.8. The molecule has 17 heteroatoms. The lowest BCUT2D eigenvalue weighted by atomic mass is 10.1. The van der Waals surface area contributed by atoms with Gasteiger partial charge in [-0.05, 0) is 99.1 Å². The predicted molar refractivity (Wildman–Crippen MR) is 223 cm³/mol. The average molecular weight is 883 g/mol. The van der Waals surface area contributed by atoms with Gasteiger partial charge < -0.3 is 29.2 Å². The molecule has 2 unspecified atom stereocenters. The van der Waals surface area contributed by atoms with Gasteiger partial charge in [0.15, 0.2) is 23.0 Å². The minimum atomic E-state index is -4.10. The van der Waals surface area contributed by atoms with Crippen LogP contribution in [0.15, 0.2) is 60.9 Å². The Hall–Kier alpha value is -4.41. The van der Waals surface area contributed by atoms with E-state index in [4.69, 9.17) is 30.5 Å². The van der Waals surface area contributed by atoms with Gasteiger partial charge in [-0.3, -0.25) is 0 Å². The number of ether oxygens (including phenoxy) is 4. The molecule has 0 amide bonds. The van der Waals surface area contributed by atoms with Gasteiger partial charge in [0.2, 0.25) is 0 Å². The molecule has 2 aliphatic rings. The Bertz CT molecular complexity index is 1900. The van der Waals surface area contributed by atoms with E-state index in [9.17, 15) is 26.3 Å². The molecular formula is C44H57ClF6N6O4. The number of nitrogens with one attached hydrogen (secondary N) is 1. The third-order valence-electron chi connectivity index (χ3n) is 10.1. The highest BCUT2D eigenvalue weighted by molar-refractivity contribution is 6.17. The molecule has 2 fully saturated rings.